The Kier molecular flexibility index (Phi) is 4.87. The molecule has 0 unspecified atom stereocenters. The average Bonchev–Trinajstić information content (AvgIpc) is 3.03. The highest BCUT2D eigenvalue weighted by Gasteiger charge is 2.15. The third-order valence-corrected chi connectivity index (χ3v) is 3.57. The second kappa shape index (κ2) is 6.64. The largest absolute Gasteiger partial charge is 0.301 e. The molecule has 0 saturated carbocycles. The molecule has 5 heteroatoms. The van der Waals surface area contributed by atoms with E-state index in [-0.39, 0.29) is 0 Å². The fraction of sp³-hybridized carbons (Fsp3) is 0.769. The second-order valence-electron chi connectivity index (χ2n) is 4.91. The predicted octanol–water partition coefficient (Wildman–Crippen LogP) is 1.53. The highest BCUT2D eigenvalue weighted by molar-refractivity contribution is 5.73. The molecular formula is C13H22N4O. The first-order valence-electron chi connectivity index (χ1n) is 6.95. The molecule has 18 heavy (non-hydrogen) atoms. The summed E-state index contributed by atoms with van der Waals surface area (Å²) in [7, 11) is 0. The van der Waals surface area contributed by atoms with Gasteiger partial charge in [0.25, 0.3) is 0 Å². The van der Waals surface area contributed by atoms with Crippen LogP contribution in [0.15, 0.2) is 0 Å². The van der Waals surface area contributed by atoms with Gasteiger partial charge in [0.2, 0.25) is 0 Å². The molecule has 2 heterocycles. The van der Waals surface area contributed by atoms with Crippen LogP contribution in [0.1, 0.15) is 48.8 Å². The summed E-state index contributed by atoms with van der Waals surface area (Å²) >= 11 is 0. The molecule has 1 fully saturated rings. The SMILES string of the molecule is CCCCc1c(C=O)nnn1CCN1CCCC1. The molecule has 1 aromatic rings. The van der Waals surface area contributed by atoms with E-state index in [0.717, 1.165) is 44.3 Å². The predicted molar refractivity (Wildman–Crippen MR) is 69.7 cm³/mol. The van der Waals surface area contributed by atoms with Gasteiger partial charge >= 0.3 is 0 Å². The highest BCUT2D eigenvalue weighted by atomic mass is 16.1. The van der Waals surface area contributed by atoms with Gasteiger partial charge in [-0.05, 0) is 38.8 Å². The number of nitrogens with zero attached hydrogens (tertiary/aromatic N) is 4. The molecule has 0 amide bonds. The molecular weight excluding hydrogens is 228 g/mol. The Labute approximate surface area is 108 Å². The van der Waals surface area contributed by atoms with Crippen LogP contribution in [0.2, 0.25) is 0 Å². The molecule has 1 aliphatic heterocycles. The molecule has 2 rings (SSSR count). The van der Waals surface area contributed by atoms with Crippen LogP contribution < -0.4 is 0 Å². The first-order valence-corrected chi connectivity index (χ1v) is 6.95. The van der Waals surface area contributed by atoms with E-state index < -0.39 is 0 Å². The molecule has 0 N–H and O–H groups in total. The van der Waals surface area contributed by atoms with E-state index in [0.29, 0.717) is 5.69 Å². The van der Waals surface area contributed by atoms with Crippen molar-refractivity contribution in [1.29, 1.82) is 0 Å². The van der Waals surface area contributed by atoms with Crippen LogP contribution >= 0.6 is 0 Å². The lowest BCUT2D eigenvalue weighted by Crippen LogP contribution is -2.25. The van der Waals surface area contributed by atoms with E-state index in [1.165, 1.54) is 25.9 Å². The lowest BCUT2D eigenvalue weighted by Gasteiger charge is -2.15. The Bertz CT molecular complexity index is 382. The van der Waals surface area contributed by atoms with Gasteiger partial charge in [-0.1, -0.05) is 18.6 Å². The van der Waals surface area contributed by atoms with Gasteiger partial charge in [-0.15, -0.1) is 5.10 Å². The van der Waals surface area contributed by atoms with Gasteiger partial charge in [-0.3, -0.25) is 4.79 Å². The van der Waals surface area contributed by atoms with Gasteiger partial charge in [0.1, 0.15) is 5.69 Å². The smallest absolute Gasteiger partial charge is 0.172 e. The topological polar surface area (TPSA) is 51.0 Å². The molecule has 5 nitrogen and oxygen atoms in total. The van der Waals surface area contributed by atoms with Gasteiger partial charge in [-0.2, -0.15) is 0 Å². The Morgan fingerprint density at radius 2 is 2.06 bits per heavy atom. The minimum absolute atomic E-state index is 0.518. The fourth-order valence-corrected chi connectivity index (χ4v) is 2.46. The van der Waals surface area contributed by atoms with Gasteiger partial charge in [0.15, 0.2) is 6.29 Å². The number of likely N-dealkylation sites (tertiary alicyclic amines) is 1. The molecule has 0 spiro atoms. The maximum Gasteiger partial charge on any atom is 0.172 e. The monoisotopic (exact) mass is 250 g/mol. The lowest BCUT2D eigenvalue weighted by molar-refractivity contribution is 0.111. The zero-order valence-corrected chi connectivity index (χ0v) is 11.1. The van der Waals surface area contributed by atoms with Crippen LogP contribution in [0.3, 0.4) is 0 Å². The molecule has 0 aromatic carbocycles. The van der Waals surface area contributed by atoms with Gasteiger partial charge in [0.05, 0.1) is 12.2 Å². The molecule has 0 radical (unpaired) electrons. The Balaban J connectivity index is 1.97. The zero-order valence-electron chi connectivity index (χ0n) is 11.1. The maximum absolute atomic E-state index is 10.9. The first-order chi connectivity index (χ1) is 8.85. The minimum atomic E-state index is 0.518. The van der Waals surface area contributed by atoms with Crippen molar-refractivity contribution < 1.29 is 4.79 Å². The van der Waals surface area contributed by atoms with Crippen molar-refractivity contribution in [2.45, 2.75) is 45.6 Å². The standard InChI is InChI=1S/C13H22N4O/c1-2-3-6-13-12(11-18)14-15-17(13)10-9-16-7-4-5-8-16/h11H,2-10H2,1H3. The molecule has 0 atom stereocenters. The van der Waals surface area contributed by atoms with Crippen molar-refractivity contribution >= 4 is 6.29 Å². The van der Waals surface area contributed by atoms with E-state index in [9.17, 15) is 4.79 Å². The van der Waals surface area contributed by atoms with Crippen molar-refractivity contribution in [3.05, 3.63) is 11.4 Å². The van der Waals surface area contributed by atoms with Crippen LogP contribution in [-0.2, 0) is 13.0 Å². The number of hydrogen-bond acceptors (Lipinski definition) is 4. The third-order valence-electron chi connectivity index (χ3n) is 3.57. The van der Waals surface area contributed by atoms with Crippen molar-refractivity contribution in [3.8, 4) is 0 Å². The summed E-state index contributed by atoms with van der Waals surface area (Å²) in [6, 6.07) is 0. The summed E-state index contributed by atoms with van der Waals surface area (Å²) in [5.41, 5.74) is 1.52. The Hall–Kier alpha value is -1.23. The number of carbonyl (C=O) groups is 1. The molecule has 1 aliphatic rings. The van der Waals surface area contributed by atoms with Gasteiger partial charge < -0.3 is 4.90 Å². The minimum Gasteiger partial charge on any atom is -0.301 e. The number of carbonyl (C=O) groups excluding carboxylic acids is 1. The summed E-state index contributed by atoms with van der Waals surface area (Å²) in [5.74, 6) is 0. The van der Waals surface area contributed by atoms with E-state index in [1.54, 1.807) is 0 Å². The molecule has 0 aliphatic carbocycles. The fourth-order valence-electron chi connectivity index (χ4n) is 2.46. The maximum atomic E-state index is 10.9. The second-order valence-corrected chi connectivity index (χ2v) is 4.91. The van der Waals surface area contributed by atoms with Crippen molar-refractivity contribution in [1.82, 2.24) is 19.9 Å². The lowest BCUT2D eigenvalue weighted by atomic mass is 10.2. The summed E-state index contributed by atoms with van der Waals surface area (Å²) in [5, 5.41) is 8.07. The van der Waals surface area contributed by atoms with Gasteiger partial charge in [0, 0.05) is 6.54 Å². The number of hydrogen-bond donors (Lipinski definition) is 0. The normalized spacial score (nSPS) is 16.3. The Morgan fingerprint density at radius 1 is 1.28 bits per heavy atom. The van der Waals surface area contributed by atoms with Crippen LogP contribution in [0.25, 0.3) is 0 Å². The van der Waals surface area contributed by atoms with Gasteiger partial charge in [-0.25, -0.2) is 4.68 Å². The molecule has 0 bridgehead atoms. The summed E-state index contributed by atoms with van der Waals surface area (Å²) in [6.45, 7) is 6.40. The summed E-state index contributed by atoms with van der Waals surface area (Å²) in [6.07, 6.45) is 6.54. The van der Waals surface area contributed by atoms with E-state index in [1.807, 2.05) is 4.68 Å². The summed E-state index contributed by atoms with van der Waals surface area (Å²) < 4.78 is 1.91. The zero-order chi connectivity index (χ0) is 12.8. The highest BCUT2D eigenvalue weighted by Crippen LogP contribution is 2.10. The quantitative estimate of drug-likeness (QED) is 0.689. The third kappa shape index (κ3) is 3.16. The number of rotatable bonds is 7. The van der Waals surface area contributed by atoms with Crippen molar-refractivity contribution in [3.63, 3.8) is 0 Å². The Morgan fingerprint density at radius 3 is 2.72 bits per heavy atom. The van der Waals surface area contributed by atoms with Crippen LogP contribution in [0.4, 0.5) is 0 Å². The average molecular weight is 250 g/mol. The van der Waals surface area contributed by atoms with Crippen molar-refractivity contribution in [2.75, 3.05) is 19.6 Å². The number of aromatic nitrogens is 3. The van der Waals surface area contributed by atoms with Crippen LogP contribution in [0, 0.1) is 0 Å². The van der Waals surface area contributed by atoms with E-state index in [4.69, 9.17) is 0 Å². The first kappa shape index (κ1) is 13.2. The summed E-state index contributed by atoms with van der Waals surface area (Å²) in [4.78, 5) is 13.4. The van der Waals surface area contributed by atoms with Crippen LogP contribution in [-0.4, -0.2) is 45.8 Å². The molecule has 1 saturated heterocycles. The van der Waals surface area contributed by atoms with Crippen LogP contribution in [0.5, 0.6) is 0 Å². The van der Waals surface area contributed by atoms with Crippen molar-refractivity contribution in [2.24, 2.45) is 0 Å². The number of unbranched alkanes of at least 4 members (excludes halogenated alkanes) is 1. The van der Waals surface area contributed by atoms with E-state index in [2.05, 4.69) is 22.1 Å². The number of aldehydes is 1. The molecule has 1 aromatic heterocycles. The molecule has 100 valence electrons. The van der Waals surface area contributed by atoms with E-state index >= 15 is 0 Å².